The van der Waals surface area contributed by atoms with E-state index in [4.69, 9.17) is 0 Å². The molecule has 6 heteroatoms. The van der Waals surface area contributed by atoms with Crippen LogP contribution in [0.25, 0.3) is 11.0 Å². The molecule has 0 saturated carbocycles. The summed E-state index contributed by atoms with van der Waals surface area (Å²) < 4.78 is 3.07. The van der Waals surface area contributed by atoms with Gasteiger partial charge in [0.05, 0.1) is 11.0 Å². The van der Waals surface area contributed by atoms with E-state index < -0.39 is 0 Å². The molecule has 6 nitrogen and oxygen atoms in total. The second-order valence-electron chi connectivity index (χ2n) is 6.70. The highest BCUT2D eigenvalue weighted by atomic mass is 16.2. The van der Waals surface area contributed by atoms with E-state index in [1.165, 1.54) is 10.1 Å². The Kier molecular flexibility index (Phi) is 5.23. The van der Waals surface area contributed by atoms with Gasteiger partial charge in [0.2, 0.25) is 5.91 Å². The second-order valence-corrected chi connectivity index (χ2v) is 6.70. The summed E-state index contributed by atoms with van der Waals surface area (Å²) in [6.07, 6.45) is 0. The Morgan fingerprint density at radius 3 is 2.31 bits per heavy atom. The fourth-order valence-electron chi connectivity index (χ4n) is 3.13. The number of hydrogen-bond acceptors (Lipinski definition) is 3. The highest BCUT2D eigenvalue weighted by Gasteiger charge is 2.13. The summed E-state index contributed by atoms with van der Waals surface area (Å²) in [7, 11) is 5.75. The Bertz CT molecular complexity index is 985. The van der Waals surface area contributed by atoms with Crippen molar-refractivity contribution in [2.45, 2.75) is 19.6 Å². The van der Waals surface area contributed by atoms with Crippen LogP contribution in [0.1, 0.15) is 11.1 Å². The Balaban J connectivity index is 1.73. The fourth-order valence-corrected chi connectivity index (χ4v) is 3.13. The number of nitrogens with zero attached hydrogens (tertiary/aromatic N) is 3. The van der Waals surface area contributed by atoms with E-state index in [1.54, 1.807) is 11.6 Å². The van der Waals surface area contributed by atoms with Crippen LogP contribution in [0.4, 0.5) is 0 Å². The Hall–Kier alpha value is -2.86. The number of aryl methyl sites for hydroxylation is 1. The lowest BCUT2D eigenvalue weighted by molar-refractivity contribution is -0.121. The molecule has 1 aromatic heterocycles. The molecule has 0 atom stereocenters. The molecule has 3 rings (SSSR count). The first kappa shape index (κ1) is 17.9. The van der Waals surface area contributed by atoms with E-state index in [0.29, 0.717) is 6.54 Å². The van der Waals surface area contributed by atoms with Gasteiger partial charge < -0.3 is 10.2 Å². The minimum atomic E-state index is -0.186. The predicted octanol–water partition coefficient (Wildman–Crippen LogP) is 1.72. The third-order valence-electron chi connectivity index (χ3n) is 4.43. The van der Waals surface area contributed by atoms with Crippen LogP contribution in [0.15, 0.2) is 53.3 Å². The SMILES string of the molecule is CN(C)Cc1ccccc1CNC(=O)Cn1c(=O)n(C)c2ccccc21. The van der Waals surface area contributed by atoms with Crippen molar-refractivity contribution in [2.75, 3.05) is 14.1 Å². The zero-order valence-corrected chi connectivity index (χ0v) is 15.4. The molecule has 136 valence electrons. The van der Waals surface area contributed by atoms with E-state index >= 15 is 0 Å². The number of carbonyl (C=O) groups is 1. The molecule has 2 aromatic carbocycles. The zero-order chi connectivity index (χ0) is 18.7. The maximum atomic E-state index is 12.4. The maximum absolute atomic E-state index is 12.4. The van der Waals surface area contributed by atoms with Crippen LogP contribution in [0.2, 0.25) is 0 Å². The van der Waals surface area contributed by atoms with Crippen molar-refractivity contribution < 1.29 is 4.79 Å². The van der Waals surface area contributed by atoms with E-state index in [-0.39, 0.29) is 18.1 Å². The lowest BCUT2D eigenvalue weighted by Gasteiger charge is -2.14. The van der Waals surface area contributed by atoms with Crippen LogP contribution in [0, 0.1) is 0 Å². The van der Waals surface area contributed by atoms with Gasteiger partial charge in [0, 0.05) is 20.1 Å². The average molecular weight is 352 g/mol. The van der Waals surface area contributed by atoms with Crippen molar-refractivity contribution in [2.24, 2.45) is 7.05 Å². The van der Waals surface area contributed by atoms with Crippen LogP contribution in [0.3, 0.4) is 0 Å². The van der Waals surface area contributed by atoms with E-state index in [0.717, 1.165) is 23.1 Å². The number of para-hydroxylation sites is 2. The topological polar surface area (TPSA) is 59.3 Å². The number of carbonyl (C=O) groups excluding carboxylic acids is 1. The molecule has 3 aromatic rings. The summed E-state index contributed by atoms with van der Waals surface area (Å²) >= 11 is 0. The maximum Gasteiger partial charge on any atom is 0.329 e. The van der Waals surface area contributed by atoms with Crippen molar-refractivity contribution in [1.29, 1.82) is 0 Å². The van der Waals surface area contributed by atoms with E-state index in [2.05, 4.69) is 16.3 Å². The first-order chi connectivity index (χ1) is 12.5. The van der Waals surface area contributed by atoms with Crippen LogP contribution in [-0.4, -0.2) is 34.0 Å². The number of hydrogen-bond donors (Lipinski definition) is 1. The summed E-state index contributed by atoms with van der Waals surface area (Å²) in [5.41, 5.74) is 3.67. The van der Waals surface area contributed by atoms with Gasteiger partial charge in [-0.25, -0.2) is 4.79 Å². The first-order valence-electron chi connectivity index (χ1n) is 8.60. The minimum absolute atomic E-state index is 0.00995. The van der Waals surface area contributed by atoms with Crippen LogP contribution in [0.5, 0.6) is 0 Å². The van der Waals surface area contributed by atoms with Crippen molar-refractivity contribution in [3.05, 3.63) is 70.1 Å². The fraction of sp³-hybridized carbons (Fsp3) is 0.300. The largest absolute Gasteiger partial charge is 0.350 e. The van der Waals surface area contributed by atoms with E-state index in [1.807, 2.05) is 56.6 Å². The average Bonchev–Trinajstić information content (AvgIpc) is 2.86. The molecule has 0 aliphatic heterocycles. The molecule has 26 heavy (non-hydrogen) atoms. The summed E-state index contributed by atoms with van der Waals surface area (Å²) in [6, 6.07) is 15.5. The van der Waals surface area contributed by atoms with Gasteiger partial charge in [0.15, 0.2) is 0 Å². The monoisotopic (exact) mass is 352 g/mol. The van der Waals surface area contributed by atoms with Crippen molar-refractivity contribution >= 4 is 16.9 Å². The molecule has 0 aliphatic rings. The predicted molar refractivity (Wildman–Crippen MR) is 103 cm³/mol. The first-order valence-corrected chi connectivity index (χ1v) is 8.60. The number of nitrogens with one attached hydrogen (secondary N) is 1. The Morgan fingerprint density at radius 2 is 1.62 bits per heavy atom. The molecule has 1 N–H and O–H groups in total. The van der Waals surface area contributed by atoms with Crippen LogP contribution in [-0.2, 0) is 31.5 Å². The minimum Gasteiger partial charge on any atom is -0.350 e. The molecule has 0 aliphatic carbocycles. The van der Waals surface area contributed by atoms with Crippen molar-refractivity contribution in [3.63, 3.8) is 0 Å². The number of benzene rings is 2. The van der Waals surface area contributed by atoms with Gasteiger partial charge in [-0.2, -0.15) is 0 Å². The number of fused-ring (bicyclic) bond motifs is 1. The van der Waals surface area contributed by atoms with Crippen molar-refractivity contribution in [1.82, 2.24) is 19.4 Å². The molecule has 0 unspecified atom stereocenters. The molecule has 1 heterocycles. The molecule has 0 saturated heterocycles. The quantitative estimate of drug-likeness (QED) is 0.735. The zero-order valence-electron chi connectivity index (χ0n) is 15.4. The number of rotatable bonds is 6. The van der Waals surface area contributed by atoms with Gasteiger partial charge in [-0.1, -0.05) is 36.4 Å². The standard InChI is InChI=1S/C20H24N4O2/c1-22(2)13-16-9-5-4-8-15(16)12-21-19(25)14-24-18-11-7-6-10-17(18)23(3)20(24)26/h4-11H,12-14H2,1-3H3,(H,21,25). The summed E-state index contributed by atoms with van der Waals surface area (Å²) in [5.74, 6) is -0.178. The van der Waals surface area contributed by atoms with Crippen LogP contribution >= 0.6 is 0 Å². The summed E-state index contributed by atoms with van der Waals surface area (Å²) in [4.78, 5) is 26.9. The van der Waals surface area contributed by atoms with Gasteiger partial charge in [-0.05, 0) is 37.4 Å². The Morgan fingerprint density at radius 1 is 1.00 bits per heavy atom. The van der Waals surface area contributed by atoms with E-state index in [9.17, 15) is 9.59 Å². The number of amides is 1. The smallest absolute Gasteiger partial charge is 0.329 e. The summed E-state index contributed by atoms with van der Waals surface area (Å²) in [6.45, 7) is 1.27. The molecule has 1 amide bonds. The third kappa shape index (κ3) is 3.70. The third-order valence-corrected chi connectivity index (χ3v) is 4.43. The second kappa shape index (κ2) is 7.58. The van der Waals surface area contributed by atoms with Gasteiger partial charge >= 0.3 is 5.69 Å². The molecular formula is C20H24N4O2. The molecule has 0 spiro atoms. The van der Waals surface area contributed by atoms with Gasteiger partial charge in [-0.3, -0.25) is 13.9 Å². The Labute approximate surface area is 152 Å². The lowest BCUT2D eigenvalue weighted by Crippen LogP contribution is -2.32. The van der Waals surface area contributed by atoms with Crippen molar-refractivity contribution in [3.8, 4) is 0 Å². The molecule has 0 radical (unpaired) electrons. The van der Waals surface area contributed by atoms with Gasteiger partial charge in [0.1, 0.15) is 6.54 Å². The normalized spacial score (nSPS) is 11.2. The highest BCUT2D eigenvalue weighted by molar-refractivity contribution is 5.80. The van der Waals surface area contributed by atoms with Gasteiger partial charge in [-0.15, -0.1) is 0 Å². The lowest BCUT2D eigenvalue weighted by atomic mass is 10.1. The highest BCUT2D eigenvalue weighted by Crippen LogP contribution is 2.12. The van der Waals surface area contributed by atoms with Crippen LogP contribution < -0.4 is 11.0 Å². The number of aromatic nitrogens is 2. The number of imidazole rings is 1. The molecule has 0 fully saturated rings. The molecular weight excluding hydrogens is 328 g/mol. The molecule has 0 bridgehead atoms. The van der Waals surface area contributed by atoms with Gasteiger partial charge in [0.25, 0.3) is 0 Å². The summed E-state index contributed by atoms with van der Waals surface area (Å²) in [5, 5.41) is 2.94.